The molecule has 0 unspecified atom stereocenters. The second-order valence-corrected chi connectivity index (χ2v) is 11.3. The molecular weight excluding hydrogens is 564 g/mol. The highest BCUT2D eigenvalue weighted by Crippen LogP contribution is 2.33. The number of nitrogens with zero attached hydrogens (tertiary/aromatic N) is 2. The first-order chi connectivity index (χ1) is 22.1. The molecule has 5 rings (SSSR count). The van der Waals surface area contributed by atoms with Gasteiger partial charge in [-0.3, -0.25) is 4.79 Å². The van der Waals surface area contributed by atoms with E-state index in [4.69, 9.17) is 4.74 Å². The quantitative estimate of drug-likeness (QED) is 0.152. The van der Waals surface area contributed by atoms with Crippen LogP contribution in [0.25, 0.3) is 11.1 Å². The molecule has 45 heavy (non-hydrogen) atoms. The number of aromatic hydroxyl groups is 1. The Labute approximate surface area is 265 Å². The average Bonchev–Trinajstić information content (AvgIpc) is 3.08. The number of anilines is 1. The van der Waals surface area contributed by atoms with Gasteiger partial charge < -0.3 is 20.5 Å². The van der Waals surface area contributed by atoms with E-state index in [1.165, 1.54) is 0 Å². The normalized spacial score (nSPS) is 13.2. The standard InChI is InChI=1S/C37H42N4O4/c42-33-20-17-31(18-21-33)28-38-27-30-15-13-29(14-16-30)19-22-36(43)39-23-26-45-37(44)41(40-24-7-2-8-25-40)35-12-6-5-11-34(35)32-9-3-1-4-10-32/h1,3-6,9-18,20-21,38,42H,2,7-8,19,22-28H2,(H,39,43). The van der Waals surface area contributed by atoms with E-state index >= 15 is 0 Å². The number of piperidine rings is 1. The van der Waals surface area contributed by atoms with E-state index in [9.17, 15) is 14.7 Å². The Morgan fingerprint density at radius 3 is 2.09 bits per heavy atom. The van der Waals surface area contributed by atoms with Crippen LogP contribution in [-0.4, -0.2) is 48.4 Å². The van der Waals surface area contributed by atoms with E-state index in [1.54, 1.807) is 17.1 Å². The van der Waals surface area contributed by atoms with E-state index in [0.29, 0.717) is 12.8 Å². The average molecular weight is 607 g/mol. The second-order valence-electron chi connectivity index (χ2n) is 11.3. The van der Waals surface area contributed by atoms with Gasteiger partial charge in [-0.15, -0.1) is 0 Å². The summed E-state index contributed by atoms with van der Waals surface area (Å²) in [4.78, 5) is 26.0. The highest BCUT2D eigenvalue weighted by atomic mass is 16.6. The van der Waals surface area contributed by atoms with Crippen LogP contribution in [0.5, 0.6) is 5.75 Å². The van der Waals surface area contributed by atoms with Crippen LogP contribution in [0.1, 0.15) is 42.4 Å². The highest BCUT2D eigenvalue weighted by molar-refractivity contribution is 5.93. The number of para-hydroxylation sites is 1. The fraction of sp³-hybridized carbons (Fsp3) is 0.297. The third-order valence-electron chi connectivity index (χ3n) is 7.91. The second kappa shape index (κ2) is 16.4. The first-order valence-electron chi connectivity index (χ1n) is 15.8. The van der Waals surface area contributed by atoms with Crippen LogP contribution in [0.4, 0.5) is 10.5 Å². The number of phenols is 1. The van der Waals surface area contributed by atoms with Crippen molar-refractivity contribution < 1.29 is 19.4 Å². The summed E-state index contributed by atoms with van der Waals surface area (Å²) in [5.41, 5.74) is 6.15. The third-order valence-corrected chi connectivity index (χ3v) is 7.91. The fourth-order valence-electron chi connectivity index (χ4n) is 5.49. The number of carbonyl (C=O) groups is 2. The van der Waals surface area contributed by atoms with Crippen molar-refractivity contribution in [2.45, 2.75) is 45.2 Å². The summed E-state index contributed by atoms with van der Waals surface area (Å²) in [5.74, 6) is 0.190. The first kappa shape index (κ1) is 31.8. The molecule has 4 aromatic carbocycles. The van der Waals surface area contributed by atoms with Crippen LogP contribution >= 0.6 is 0 Å². The summed E-state index contributed by atoms with van der Waals surface area (Å²) in [7, 11) is 0. The van der Waals surface area contributed by atoms with Crippen molar-refractivity contribution in [1.29, 1.82) is 0 Å². The lowest BCUT2D eigenvalue weighted by Crippen LogP contribution is -2.50. The molecule has 1 aliphatic rings. The zero-order chi connectivity index (χ0) is 31.3. The monoisotopic (exact) mass is 606 g/mol. The van der Waals surface area contributed by atoms with Gasteiger partial charge in [0.1, 0.15) is 12.4 Å². The topological polar surface area (TPSA) is 94.1 Å². The Morgan fingerprint density at radius 1 is 0.756 bits per heavy atom. The predicted octanol–water partition coefficient (Wildman–Crippen LogP) is 6.44. The minimum atomic E-state index is -0.438. The summed E-state index contributed by atoms with van der Waals surface area (Å²) in [6.45, 7) is 3.36. The smallest absolute Gasteiger partial charge is 0.429 e. The molecule has 0 aromatic heterocycles. The number of hydrogen-bond acceptors (Lipinski definition) is 6. The summed E-state index contributed by atoms with van der Waals surface area (Å²) < 4.78 is 5.71. The van der Waals surface area contributed by atoms with E-state index in [2.05, 4.69) is 39.9 Å². The van der Waals surface area contributed by atoms with Gasteiger partial charge in [0, 0.05) is 38.2 Å². The lowest BCUT2D eigenvalue weighted by Gasteiger charge is -2.37. The van der Waals surface area contributed by atoms with Gasteiger partial charge in [-0.25, -0.2) is 14.8 Å². The van der Waals surface area contributed by atoms with Crippen molar-refractivity contribution in [2.24, 2.45) is 0 Å². The summed E-state index contributed by atoms with van der Waals surface area (Å²) in [5, 5.41) is 19.4. The number of rotatable bonds is 13. The molecule has 0 atom stereocenters. The number of phenolic OH excluding ortho intramolecular Hbond substituents is 1. The molecule has 1 saturated heterocycles. The van der Waals surface area contributed by atoms with Gasteiger partial charge in [0.05, 0.1) is 12.2 Å². The zero-order valence-corrected chi connectivity index (χ0v) is 25.7. The van der Waals surface area contributed by atoms with E-state index in [-0.39, 0.29) is 24.8 Å². The number of nitrogens with one attached hydrogen (secondary N) is 2. The lowest BCUT2D eigenvalue weighted by atomic mass is 10.0. The minimum absolute atomic E-state index is 0.0759. The van der Waals surface area contributed by atoms with Crippen molar-refractivity contribution in [2.75, 3.05) is 31.3 Å². The molecule has 4 aromatic rings. The Bertz CT molecular complexity index is 1500. The highest BCUT2D eigenvalue weighted by Gasteiger charge is 2.28. The maximum Gasteiger partial charge on any atom is 0.429 e. The van der Waals surface area contributed by atoms with Crippen molar-refractivity contribution in [3.63, 3.8) is 0 Å². The fourth-order valence-corrected chi connectivity index (χ4v) is 5.49. The van der Waals surface area contributed by atoms with Crippen LogP contribution in [0.15, 0.2) is 103 Å². The van der Waals surface area contributed by atoms with Crippen LogP contribution in [0, 0.1) is 0 Å². The number of hydrazine groups is 1. The van der Waals surface area contributed by atoms with Gasteiger partial charge in [0.15, 0.2) is 0 Å². The molecule has 0 saturated carbocycles. The Hall–Kier alpha value is -4.66. The molecule has 0 radical (unpaired) electrons. The molecule has 1 fully saturated rings. The van der Waals surface area contributed by atoms with Crippen LogP contribution in [-0.2, 0) is 29.0 Å². The van der Waals surface area contributed by atoms with Gasteiger partial charge >= 0.3 is 6.09 Å². The summed E-state index contributed by atoms with van der Waals surface area (Å²) >= 11 is 0. The van der Waals surface area contributed by atoms with Crippen molar-refractivity contribution in [3.05, 3.63) is 120 Å². The van der Waals surface area contributed by atoms with E-state index in [0.717, 1.165) is 78.9 Å². The Morgan fingerprint density at radius 2 is 1.38 bits per heavy atom. The maximum atomic E-state index is 13.5. The predicted molar refractivity (Wildman–Crippen MR) is 178 cm³/mol. The molecule has 1 heterocycles. The molecule has 3 N–H and O–H groups in total. The maximum absolute atomic E-state index is 13.5. The van der Waals surface area contributed by atoms with Crippen molar-refractivity contribution >= 4 is 17.7 Å². The van der Waals surface area contributed by atoms with Crippen molar-refractivity contribution in [1.82, 2.24) is 15.6 Å². The summed E-state index contributed by atoms with van der Waals surface area (Å²) in [6.07, 6.45) is 3.74. The molecule has 0 bridgehead atoms. The number of carbonyl (C=O) groups excluding carboxylic acids is 2. The number of amides is 2. The molecule has 0 aliphatic carbocycles. The Balaban J connectivity index is 1.07. The van der Waals surface area contributed by atoms with Crippen LogP contribution in [0.3, 0.4) is 0 Å². The van der Waals surface area contributed by atoms with Gasteiger partial charge in [-0.05, 0) is 59.7 Å². The third kappa shape index (κ3) is 9.41. The van der Waals surface area contributed by atoms with Crippen LogP contribution < -0.4 is 15.6 Å². The molecule has 234 valence electrons. The molecule has 8 nitrogen and oxygen atoms in total. The van der Waals surface area contributed by atoms with Gasteiger partial charge in [-0.1, -0.05) is 91.3 Å². The van der Waals surface area contributed by atoms with Gasteiger partial charge in [0.25, 0.3) is 0 Å². The SMILES string of the molecule is O=C(CCc1ccc(CNCc2ccc(O)cc2)cc1)NCCOC(=O)N(c1ccccc1-c1ccccc1)N1CCCCC1. The number of benzene rings is 4. The van der Waals surface area contributed by atoms with E-state index < -0.39 is 6.09 Å². The minimum Gasteiger partial charge on any atom is -0.508 e. The molecule has 8 heteroatoms. The molecule has 2 amide bonds. The van der Waals surface area contributed by atoms with Gasteiger partial charge in [0.2, 0.25) is 5.91 Å². The number of hydrogen-bond donors (Lipinski definition) is 3. The van der Waals surface area contributed by atoms with Crippen LogP contribution in [0.2, 0.25) is 0 Å². The van der Waals surface area contributed by atoms with E-state index in [1.807, 2.05) is 66.7 Å². The number of ether oxygens (including phenoxy) is 1. The van der Waals surface area contributed by atoms with Gasteiger partial charge in [-0.2, -0.15) is 0 Å². The lowest BCUT2D eigenvalue weighted by molar-refractivity contribution is -0.121. The molecular formula is C37H42N4O4. The Kier molecular flexibility index (Phi) is 11.6. The zero-order valence-electron chi connectivity index (χ0n) is 25.7. The largest absolute Gasteiger partial charge is 0.508 e. The molecule has 0 spiro atoms. The van der Waals surface area contributed by atoms with Crippen molar-refractivity contribution in [3.8, 4) is 16.9 Å². The first-order valence-corrected chi connectivity index (χ1v) is 15.8. The number of aryl methyl sites for hydroxylation is 1. The summed E-state index contributed by atoms with van der Waals surface area (Å²) in [6, 6.07) is 33.4. The molecule has 1 aliphatic heterocycles.